The molecule has 2 aliphatic heterocycles. The van der Waals surface area contributed by atoms with Crippen LogP contribution in [0, 0.1) is 0 Å². The normalized spacial score (nSPS) is 25.9. The number of unbranched alkanes of at least 4 members (excludes halogenated alkanes) is 1. The van der Waals surface area contributed by atoms with Gasteiger partial charge in [-0.1, -0.05) is 25.7 Å². The van der Waals surface area contributed by atoms with Crippen LogP contribution in [0.25, 0.3) is 0 Å². The molecule has 0 aromatic heterocycles. The lowest BCUT2D eigenvalue weighted by molar-refractivity contribution is -0.135. The first kappa shape index (κ1) is 19.3. The Bertz CT molecular complexity index is 372. The van der Waals surface area contributed by atoms with Crippen molar-refractivity contribution in [2.45, 2.75) is 103 Å². The first-order chi connectivity index (χ1) is 11.6. The molecule has 24 heavy (non-hydrogen) atoms. The number of hydrogen-bond donors (Lipinski definition) is 0. The lowest BCUT2D eigenvalue weighted by Gasteiger charge is -2.28. The maximum Gasteiger partial charge on any atom is 0.222 e. The molecule has 0 aliphatic carbocycles. The molecule has 0 N–H and O–H groups in total. The first-order valence-corrected chi connectivity index (χ1v) is 10.2. The van der Waals surface area contributed by atoms with E-state index in [1.165, 1.54) is 25.7 Å². The van der Waals surface area contributed by atoms with E-state index < -0.39 is 0 Å². The van der Waals surface area contributed by atoms with Gasteiger partial charge < -0.3 is 9.80 Å². The summed E-state index contributed by atoms with van der Waals surface area (Å²) in [6, 6.07) is 0.777. The minimum Gasteiger partial charge on any atom is -0.340 e. The Morgan fingerprint density at radius 3 is 1.54 bits per heavy atom. The molecular formula is C20H36N2O2. The molecule has 0 saturated carbocycles. The molecule has 2 rings (SSSR count). The average molecular weight is 337 g/mol. The second-order valence-corrected chi connectivity index (χ2v) is 7.78. The standard InChI is InChI=1S/C20H36N2O2/c1-17-11-5-3-9-15-21(17)19(23)13-7-8-14-20(24)22-16-10-4-6-12-18(22)2/h17-18H,3-16H2,1-2H3/t17-,18+. The Hall–Kier alpha value is -1.06. The average Bonchev–Trinajstić information content (AvgIpc) is 2.91. The van der Waals surface area contributed by atoms with E-state index in [4.69, 9.17) is 0 Å². The zero-order valence-corrected chi connectivity index (χ0v) is 15.8. The van der Waals surface area contributed by atoms with Crippen LogP contribution in [0.3, 0.4) is 0 Å². The summed E-state index contributed by atoms with van der Waals surface area (Å²) in [5.41, 5.74) is 0. The van der Waals surface area contributed by atoms with E-state index in [-0.39, 0.29) is 0 Å². The molecule has 4 heteroatoms. The summed E-state index contributed by atoms with van der Waals surface area (Å²) in [4.78, 5) is 29.0. The molecule has 2 saturated heterocycles. The van der Waals surface area contributed by atoms with Gasteiger partial charge in [0, 0.05) is 38.0 Å². The van der Waals surface area contributed by atoms with Gasteiger partial charge in [-0.25, -0.2) is 0 Å². The Balaban J connectivity index is 1.67. The fourth-order valence-electron chi connectivity index (χ4n) is 4.13. The summed E-state index contributed by atoms with van der Waals surface area (Å²) in [5.74, 6) is 0.583. The maximum atomic E-state index is 12.4. The summed E-state index contributed by atoms with van der Waals surface area (Å²) in [6.45, 7) is 6.19. The largest absolute Gasteiger partial charge is 0.340 e. The van der Waals surface area contributed by atoms with Crippen LogP contribution < -0.4 is 0 Å². The molecule has 2 atom stereocenters. The van der Waals surface area contributed by atoms with Gasteiger partial charge >= 0.3 is 0 Å². The Morgan fingerprint density at radius 2 is 1.12 bits per heavy atom. The van der Waals surface area contributed by atoms with Crippen molar-refractivity contribution < 1.29 is 9.59 Å². The van der Waals surface area contributed by atoms with E-state index in [0.717, 1.165) is 51.6 Å². The predicted molar refractivity (Wildman–Crippen MR) is 97.8 cm³/mol. The van der Waals surface area contributed by atoms with Crippen LogP contribution in [0.5, 0.6) is 0 Å². The number of rotatable bonds is 5. The number of hydrogen-bond acceptors (Lipinski definition) is 2. The molecule has 0 aromatic rings. The highest BCUT2D eigenvalue weighted by Crippen LogP contribution is 2.20. The predicted octanol–water partition coefficient (Wildman–Crippen LogP) is 4.13. The first-order valence-electron chi connectivity index (χ1n) is 10.2. The van der Waals surface area contributed by atoms with Crippen LogP contribution in [0.4, 0.5) is 0 Å². The van der Waals surface area contributed by atoms with Gasteiger partial charge in [0.25, 0.3) is 0 Å². The summed E-state index contributed by atoms with van der Waals surface area (Å²) in [6.07, 6.45) is 12.4. The van der Waals surface area contributed by atoms with Crippen molar-refractivity contribution in [3.05, 3.63) is 0 Å². The third-order valence-electron chi connectivity index (χ3n) is 5.78. The van der Waals surface area contributed by atoms with E-state index in [2.05, 4.69) is 23.6 Å². The SMILES string of the molecule is C[C@@H]1CCCCCN1C(=O)CCCCC(=O)N1CCCCC[C@@H]1C. The van der Waals surface area contributed by atoms with Gasteiger partial charge in [0.1, 0.15) is 0 Å². The highest BCUT2D eigenvalue weighted by Gasteiger charge is 2.23. The van der Waals surface area contributed by atoms with Crippen molar-refractivity contribution in [2.75, 3.05) is 13.1 Å². The number of likely N-dealkylation sites (tertiary alicyclic amines) is 2. The molecule has 0 spiro atoms. The fourth-order valence-corrected chi connectivity index (χ4v) is 4.13. The highest BCUT2D eigenvalue weighted by atomic mass is 16.2. The van der Waals surface area contributed by atoms with Crippen LogP contribution >= 0.6 is 0 Å². The van der Waals surface area contributed by atoms with Crippen molar-refractivity contribution in [1.29, 1.82) is 0 Å². The van der Waals surface area contributed by atoms with Gasteiger partial charge in [-0.05, 0) is 52.4 Å². The van der Waals surface area contributed by atoms with E-state index in [0.29, 0.717) is 36.7 Å². The number of carbonyl (C=O) groups excluding carboxylic acids is 2. The second-order valence-electron chi connectivity index (χ2n) is 7.78. The lowest BCUT2D eigenvalue weighted by atomic mass is 10.1. The molecule has 0 aromatic carbocycles. The number of amides is 2. The molecule has 138 valence electrons. The van der Waals surface area contributed by atoms with Gasteiger partial charge in [0.15, 0.2) is 0 Å². The van der Waals surface area contributed by atoms with Gasteiger partial charge in [0.2, 0.25) is 11.8 Å². The summed E-state index contributed by atoms with van der Waals surface area (Å²) in [5, 5.41) is 0. The molecular weight excluding hydrogens is 300 g/mol. The van der Waals surface area contributed by atoms with E-state index in [1.807, 2.05) is 0 Å². The molecule has 2 aliphatic rings. The summed E-state index contributed by atoms with van der Waals surface area (Å²) in [7, 11) is 0. The van der Waals surface area contributed by atoms with Crippen molar-refractivity contribution in [2.24, 2.45) is 0 Å². The summed E-state index contributed by atoms with van der Waals surface area (Å²) < 4.78 is 0. The zero-order chi connectivity index (χ0) is 17.4. The minimum absolute atomic E-state index is 0.292. The Labute approximate surface area is 148 Å². The Kier molecular flexibility index (Phi) is 8.07. The van der Waals surface area contributed by atoms with Crippen molar-refractivity contribution in [3.63, 3.8) is 0 Å². The summed E-state index contributed by atoms with van der Waals surface area (Å²) >= 11 is 0. The number of carbonyl (C=O) groups is 2. The molecule has 0 unspecified atom stereocenters. The quantitative estimate of drug-likeness (QED) is 0.708. The number of nitrogens with zero attached hydrogens (tertiary/aromatic N) is 2. The van der Waals surface area contributed by atoms with Gasteiger partial charge in [0.05, 0.1) is 0 Å². The van der Waals surface area contributed by atoms with E-state index >= 15 is 0 Å². The second kappa shape index (κ2) is 10.0. The molecule has 2 fully saturated rings. The highest BCUT2D eigenvalue weighted by molar-refractivity contribution is 5.77. The van der Waals surface area contributed by atoms with Crippen LogP contribution in [0.1, 0.15) is 90.9 Å². The van der Waals surface area contributed by atoms with Crippen LogP contribution in [-0.2, 0) is 9.59 Å². The third-order valence-corrected chi connectivity index (χ3v) is 5.78. The van der Waals surface area contributed by atoms with Crippen LogP contribution in [0.2, 0.25) is 0 Å². The van der Waals surface area contributed by atoms with Crippen molar-refractivity contribution in [1.82, 2.24) is 9.80 Å². The molecule has 0 radical (unpaired) electrons. The topological polar surface area (TPSA) is 40.6 Å². The molecule has 4 nitrogen and oxygen atoms in total. The van der Waals surface area contributed by atoms with Crippen LogP contribution in [0.15, 0.2) is 0 Å². The smallest absolute Gasteiger partial charge is 0.222 e. The maximum absolute atomic E-state index is 12.4. The third kappa shape index (κ3) is 5.78. The van der Waals surface area contributed by atoms with Gasteiger partial charge in [-0.15, -0.1) is 0 Å². The van der Waals surface area contributed by atoms with E-state index in [1.54, 1.807) is 0 Å². The molecule has 2 amide bonds. The minimum atomic E-state index is 0.292. The van der Waals surface area contributed by atoms with Crippen molar-refractivity contribution in [3.8, 4) is 0 Å². The van der Waals surface area contributed by atoms with E-state index in [9.17, 15) is 9.59 Å². The zero-order valence-electron chi connectivity index (χ0n) is 15.8. The molecule has 0 bridgehead atoms. The van der Waals surface area contributed by atoms with Gasteiger partial charge in [-0.3, -0.25) is 9.59 Å². The Morgan fingerprint density at radius 1 is 0.708 bits per heavy atom. The van der Waals surface area contributed by atoms with Crippen LogP contribution in [-0.4, -0.2) is 46.8 Å². The van der Waals surface area contributed by atoms with Crippen molar-refractivity contribution >= 4 is 11.8 Å². The fraction of sp³-hybridized carbons (Fsp3) is 0.900. The van der Waals surface area contributed by atoms with Gasteiger partial charge in [-0.2, -0.15) is 0 Å². The molecule has 2 heterocycles. The lowest BCUT2D eigenvalue weighted by Crippen LogP contribution is -2.38. The monoisotopic (exact) mass is 336 g/mol.